The Bertz CT molecular complexity index is 697. The van der Waals surface area contributed by atoms with E-state index in [1.807, 2.05) is 30.3 Å². The molecule has 6 nitrogen and oxygen atoms in total. The molecule has 0 atom stereocenters. The molecule has 136 valence electrons. The molecule has 1 aliphatic rings. The Balaban J connectivity index is 1.72. The van der Waals surface area contributed by atoms with Gasteiger partial charge in [0.25, 0.3) is 0 Å². The quantitative estimate of drug-likeness (QED) is 0.707. The first-order valence-corrected chi connectivity index (χ1v) is 11.6. The fourth-order valence-electron chi connectivity index (χ4n) is 2.78. The molecule has 8 heteroatoms. The topological polar surface area (TPSA) is 83.5 Å². The third kappa shape index (κ3) is 6.51. The molecular weight excluding hydrogens is 348 g/mol. The first-order valence-electron chi connectivity index (χ1n) is 8.38. The van der Waals surface area contributed by atoms with Gasteiger partial charge in [0, 0.05) is 19.6 Å². The lowest BCUT2D eigenvalue weighted by Gasteiger charge is -2.25. The molecule has 0 aliphatic carbocycles. The van der Waals surface area contributed by atoms with Gasteiger partial charge in [0.15, 0.2) is 0 Å². The van der Waals surface area contributed by atoms with Gasteiger partial charge in [-0.2, -0.15) is 0 Å². The van der Waals surface area contributed by atoms with E-state index >= 15 is 0 Å². The SMILES string of the molecule is O=S(=O)(CCCc1ccccc1)NCCS(=O)(=O)N1CCCCC1. The van der Waals surface area contributed by atoms with E-state index in [9.17, 15) is 16.8 Å². The van der Waals surface area contributed by atoms with Crippen LogP contribution in [-0.2, 0) is 26.5 Å². The molecule has 0 unspecified atom stereocenters. The van der Waals surface area contributed by atoms with Crippen molar-refractivity contribution in [3.8, 4) is 0 Å². The number of hydrogen-bond acceptors (Lipinski definition) is 4. The summed E-state index contributed by atoms with van der Waals surface area (Å²) in [7, 11) is -6.80. The summed E-state index contributed by atoms with van der Waals surface area (Å²) in [6, 6.07) is 9.70. The zero-order valence-corrected chi connectivity index (χ0v) is 15.5. The van der Waals surface area contributed by atoms with Crippen molar-refractivity contribution in [2.75, 3.05) is 31.1 Å². The van der Waals surface area contributed by atoms with Gasteiger partial charge in [0.1, 0.15) is 0 Å². The lowest BCUT2D eigenvalue weighted by Crippen LogP contribution is -2.40. The average molecular weight is 375 g/mol. The van der Waals surface area contributed by atoms with E-state index < -0.39 is 20.0 Å². The summed E-state index contributed by atoms with van der Waals surface area (Å²) in [5.41, 5.74) is 1.10. The van der Waals surface area contributed by atoms with Crippen LogP contribution in [0.5, 0.6) is 0 Å². The second kappa shape index (κ2) is 8.94. The van der Waals surface area contributed by atoms with Gasteiger partial charge in [-0.05, 0) is 31.2 Å². The Morgan fingerprint density at radius 1 is 0.917 bits per heavy atom. The van der Waals surface area contributed by atoms with E-state index in [-0.39, 0.29) is 18.1 Å². The summed E-state index contributed by atoms with van der Waals surface area (Å²) in [5, 5.41) is 0. The Morgan fingerprint density at radius 2 is 1.58 bits per heavy atom. The maximum Gasteiger partial charge on any atom is 0.215 e. The molecule has 0 spiro atoms. The van der Waals surface area contributed by atoms with Gasteiger partial charge in [-0.1, -0.05) is 36.8 Å². The van der Waals surface area contributed by atoms with E-state index in [2.05, 4.69) is 4.72 Å². The van der Waals surface area contributed by atoms with Crippen LogP contribution in [0.2, 0.25) is 0 Å². The van der Waals surface area contributed by atoms with Crippen LogP contribution in [0.3, 0.4) is 0 Å². The van der Waals surface area contributed by atoms with Crippen LogP contribution in [0.1, 0.15) is 31.2 Å². The number of sulfonamides is 2. The molecule has 0 amide bonds. The highest BCUT2D eigenvalue weighted by Gasteiger charge is 2.24. The van der Waals surface area contributed by atoms with Gasteiger partial charge in [0.05, 0.1) is 11.5 Å². The van der Waals surface area contributed by atoms with Crippen LogP contribution in [0.15, 0.2) is 30.3 Å². The summed E-state index contributed by atoms with van der Waals surface area (Å²) >= 11 is 0. The summed E-state index contributed by atoms with van der Waals surface area (Å²) in [4.78, 5) is 0. The highest BCUT2D eigenvalue weighted by Crippen LogP contribution is 2.13. The van der Waals surface area contributed by atoms with Crippen molar-refractivity contribution in [2.45, 2.75) is 32.1 Å². The Labute approximate surface area is 145 Å². The van der Waals surface area contributed by atoms with E-state index in [1.54, 1.807) is 0 Å². The maximum absolute atomic E-state index is 12.2. The molecule has 2 rings (SSSR count). The first kappa shape index (κ1) is 19.4. The predicted octanol–water partition coefficient (Wildman–Crippen LogP) is 1.35. The molecule has 1 aromatic rings. The monoisotopic (exact) mass is 374 g/mol. The molecule has 24 heavy (non-hydrogen) atoms. The van der Waals surface area contributed by atoms with Gasteiger partial charge in [-0.25, -0.2) is 25.9 Å². The predicted molar refractivity (Wildman–Crippen MR) is 95.8 cm³/mol. The fraction of sp³-hybridized carbons (Fsp3) is 0.625. The summed E-state index contributed by atoms with van der Waals surface area (Å²) in [6.07, 6.45) is 4.01. The second-order valence-electron chi connectivity index (χ2n) is 6.08. The van der Waals surface area contributed by atoms with E-state index in [4.69, 9.17) is 0 Å². The number of rotatable bonds is 9. The highest BCUT2D eigenvalue weighted by atomic mass is 32.2. The number of nitrogens with zero attached hydrogens (tertiary/aromatic N) is 1. The minimum atomic E-state index is -3.44. The minimum absolute atomic E-state index is 0.00561. The molecule has 0 aromatic heterocycles. The largest absolute Gasteiger partial charge is 0.215 e. The van der Waals surface area contributed by atoms with Crippen molar-refractivity contribution in [2.24, 2.45) is 0 Å². The van der Waals surface area contributed by atoms with E-state index in [0.717, 1.165) is 24.8 Å². The molecule has 1 N–H and O–H groups in total. The lowest BCUT2D eigenvalue weighted by atomic mass is 10.1. The van der Waals surface area contributed by atoms with Gasteiger partial charge in [-0.3, -0.25) is 0 Å². The van der Waals surface area contributed by atoms with Gasteiger partial charge < -0.3 is 0 Å². The van der Waals surface area contributed by atoms with Crippen LogP contribution < -0.4 is 4.72 Å². The zero-order chi connectivity index (χ0) is 17.5. The molecule has 1 aromatic carbocycles. The van der Waals surface area contributed by atoms with Crippen LogP contribution in [0.4, 0.5) is 0 Å². The number of benzene rings is 1. The summed E-state index contributed by atoms with van der Waals surface area (Å²) in [5.74, 6) is -0.170. The van der Waals surface area contributed by atoms with Crippen LogP contribution in [0.25, 0.3) is 0 Å². The van der Waals surface area contributed by atoms with Crippen molar-refractivity contribution in [3.63, 3.8) is 0 Å². The van der Waals surface area contributed by atoms with Crippen LogP contribution in [-0.4, -0.2) is 52.3 Å². The first-order chi connectivity index (χ1) is 11.4. The molecule has 1 heterocycles. The van der Waals surface area contributed by atoms with Crippen molar-refractivity contribution in [1.82, 2.24) is 9.03 Å². The van der Waals surface area contributed by atoms with E-state index in [1.165, 1.54) is 4.31 Å². The second-order valence-corrected chi connectivity index (χ2v) is 10.1. The summed E-state index contributed by atoms with van der Waals surface area (Å²) < 4.78 is 52.1. The molecule has 0 bridgehead atoms. The Hall–Kier alpha value is -0.960. The highest BCUT2D eigenvalue weighted by molar-refractivity contribution is 7.90. The van der Waals surface area contributed by atoms with Crippen molar-refractivity contribution in [3.05, 3.63) is 35.9 Å². The van der Waals surface area contributed by atoms with Gasteiger partial charge >= 0.3 is 0 Å². The normalized spacial score (nSPS) is 17.0. The van der Waals surface area contributed by atoms with Crippen molar-refractivity contribution >= 4 is 20.0 Å². The fourth-order valence-corrected chi connectivity index (χ4v) is 5.43. The smallest absolute Gasteiger partial charge is 0.214 e. The van der Waals surface area contributed by atoms with E-state index in [0.29, 0.717) is 25.9 Å². The standard InChI is InChI=1S/C16H26N2O4S2/c19-23(20,14-7-10-16-8-3-1-4-9-16)17-11-15-24(21,22)18-12-5-2-6-13-18/h1,3-4,8-9,17H,2,5-7,10-15H2. The molecular formula is C16H26N2O4S2. The van der Waals surface area contributed by atoms with Crippen LogP contribution in [0, 0.1) is 0 Å². The Morgan fingerprint density at radius 3 is 2.25 bits per heavy atom. The Kier molecular flexibility index (Phi) is 7.21. The summed E-state index contributed by atoms with van der Waals surface area (Å²) in [6.45, 7) is 1.03. The number of hydrogen-bond donors (Lipinski definition) is 1. The maximum atomic E-state index is 12.2. The molecule has 0 radical (unpaired) electrons. The average Bonchev–Trinajstić information content (AvgIpc) is 2.56. The number of piperidine rings is 1. The minimum Gasteiger partial charge on any atom is -0.214 e. The van der Waals surface area contributed by atoms with Crippen molar-refractivity contribution < 1.29 is 16.8 Å². The molecule has 0 saturated carbocycles. The number of aryl methyl sites for hydroxylation is 1. The van der Waals surface area contributed by atoms with Crippen molar-refractivity contribution in [1.29, 1.82) is 0 Å². The van der Waals surface area contributed by atoms with Gasteiger partial charge in [0.2, 0.25) is 20.0 Å². The zero-order valence-electron chi connectivity index (χ0n) is 13.9. The number of nitrogens with one attached hydrogen (secondary N) is 1. The molecule has 1 aliphatic heterocycles. The van der Waals surface area contributed by atoms with Crippen LogP contribution >= 0.6 is 0 Å². The lowest BCUT2D eigenvalue weighted by molar-refractivity contribution is 0.346. The molecule has 1 fully saturated rings. The third-order valence-corrected chi connectivity index (χ3v) is 7.45. The van der Waals surface area contributed by atoms with Gasteiger partial charge in [-0.15, -0.1) is 0 Å². The molecule has 1 saturated heterocycles. The third-order valence-electron chi connectivity index (χ3n) is 4.11.